The van der Waals surface area contributed by atoms with Crippen LogP contribution in [0.15, 0.2) is 90.1 Å². The monoisotopic (exact) mass is 484 g/mol. The number of aromatic nitrogens is 2. The van der Waals surface area contributed by atoms with Crippen molar-refractivity contribution in [3.05, 3.63) is 107 Å². The molecular formula is C23H18ClFN4O3S. The summed E-state index contributed by atoms with van der Waals surface area (Å²) >= 11 is 6.14. The van der Waals surface area contributed by atoms with Crippen molar-refractivity contribution in [3.8, 4) is 0 Å². The second-order valence-electron chi connectivity index (χ2n) is 7.11. The first-order valence-electron chi connectivity index (χ1n) is 9.76. The van der Waals surface area contributed by atoms with Crippen molar-refractivity contribution < 1.29 is 17.6 Å². The highest BCUT2D eigenvalue weighted by atomic mass is 35.5. The molecule has 33 heavy (non-hydrogen) atoms. The zero-order valence-corrected chi connectivity index (χ0v) is 18.6. The number of amides is 1. The SMILES string of the molecule is O=C(Nc1cccc(Cn2cccn2)c1)c1ccc(Cl)c(NS(=O)(=O)c2ccc(F)cc2)c1. The number of carbonyl (C=O) groups excluding carboxylic acids is 1. The summed E-state index contributed by atoms with van der Waals surface area (Å²) in [6.45, 7) is 0.549. The molecular weight excluding hydrogens is 467 g/mol. The van der Waals surface area contributed by atoms with Crippen LogP contribution in [0.25, 0.3) is 0 Å². The Labute approximate surface area is 194 Å². The van der Waals surface area contributed by atoms with Gasteiger partial charge < -0.3 is 5.32 Å². The van der Waals surface area contributed by atoms with Gasteiger partial charge in [0.15, 0.2) is 0 Å². The maximum Gasteiger partial charge on any atom is 0.261 e. The number of halogens is 2. The molecule has 0 fully saturated rings. The van der Waals surface area contributed by atoms with Crippen LogP contribution in [0, 0.1) is 5.82 Å². The molecule has 1 aromatic heterocycles. The fraction of sp³-hybridized carbons (Fsp3) is 0.0435. The van der Waals surface area contributed by atoms with E-state index in [1.807, 2.05) is 30.5 Å². The molecule has 0 unspecified atom stereocenters. The number of nitrogens with zero attached hydrogens (tertiary/aromatic N) is 2. The molecule has 0 spiro atoms. The number of hydrogen-bond acceptors (Lipinski definition) is 4. The van der Waals surface area contributed by atoms with Gasteiger partial charge in [-0.3, -0.25) is 14.2 Å². The maximum absolute atomic E-state index is 13.1. The van der Waals surface area contributed by atoms with Crippen molar-refractivity contribution >= 4 is 38.9 Å². The number of benzene rings is 3. The summed E-state index contributed by atoms with van der Waals surface area (Å²) in [7, 11) is -4.03. The molecule has 0 aliphatic rings. The van der Waals surface area contributed by atoms with E-state index >= 15 is 0 Å². The van der Waals surface area contributed by atoms with Crippen LogP contribution in [-0.2, 0) is 16.6 Å². The zero-order chi connectivity index (χ0) is 23.4. The molecule has 10 heteroatoms. The Morgan fingerprint density at radius 1 is 1.03 bits per heavy atom. The quantitative estimate of drug-likeness (QED) is 0.395. The van der Waals surface area contributed by atoms with Gasteiger partial charge in [0.25, 0.3) is 15.9 Å². The molecule has 0 radical (unpaired) electrons. The van der Waals surface area contributed by atoms with Crippen LogP contribution in [-0.4, -0.2) is 24.1 Å². The Hall–Kier alpha value is -3.69. The Morgan fingerprint density at radius 3 is 2.55 bits per heavy atom. The van der Waals surface area contributed by atoms with Gasteiger partial charge in [0.05, 0.1) is 22.2 Å². The Morgan fingerprint density at radius 2 is 1.82 bits per heavy atom. The number of carbonyl (C=O) groups is 1. The van der Waals surface area contributed by atoms with Crippen molar-refractivity contribution in [2.45, 2.75) is 11.4 Å². The average Bonchev–Trinajstić information content (AvgIpc) is 3.28. The topological polar surface area (TPSA) is 93.1 Å². The molecule has 1 amide bonds. The van der Waals surface area contributed by atoms with Gasteiger partial charge in [-0.25, -0.2) is 12.8 Å². The molecule has 0 bridgehead atoms. The van der Waals surface area contributed by atoms with Crippen molar-refractivity contribution in [1.29, 1.82) is 0 Å². The van der Waals surface area contributed by atoms with Gasteiger partial charge in [-0.2, -0.15) is 5.10 Å². The summed E-state index contributed by atoms with van der Waals surface area (Å²) in [5, 5.41) is 7.07. The molecule has 168 valence electrons. The van der Waals surface area contributed by atoms with E-state index in [4.69, 9.17) is 11.6 Å². The van der Waals surface area contributed by atoms with Crippen molar-refractivity contribution in [2.24, 2.45) is 0 Å². The second-order valence-corrected chi connectivity index (χ2v) is 9.20. The highest BCUT2D eigenvalue weighted by Gasteiger charge is 2.17. The molecule has 3 aromatic carbocycles. The maximum atomic E-state index is 13.1. The van der Waals surface area contributed by atoms with Gasteiger partial charge in [0, 0.05) is 23.6 Å². The van der Waals surface area contributed by atoms with Crippen LogP contribution < -0.4 is 10.0 Å². The molecule has 0 atom stereocenters. The predicted octanol–water partition coefficient (Wildman–Crippen LogP) is 4.78. The molecule has 7 nitrogen and oxygen atoms in total. The van der Waals surface area contributed by atoms with Crippen molar-refractivity contribution in [3.63, 3.8) is 0 Å². The first-order chi connectivity index (χ1) is 15.8. The Kier molecular flexibility index (Phi) is 6.43. The van der Waals surface area contributed by atoms with E-state index in [2.05, 4.69) is 15.1 Å². The van der Waals surface area contributed by atoms with Crippen molar-refractivity contribution in [1.82, 2.24) is 9.78 Å². The Bertz CT molecular complexity index is 1390. The zero-order valence-electron chi connectivity index (χ0n) is 17.1. The van der Waals surface area contributed by atoms with Gasteiger partial charge in [-0.1, -0.05) is 23.7 Å². The molecule has 0 aliphatic heterocycles. The smallest absolute Gasteiger partial charge is 0.261 e. The predicted molar refractivity (Wildman–Crippen MR) is 124 cm³/mol. The van der Waals surface area contributed by atoms with Crippen LogP contribution in [0.1, 0.15) is 15.9 Å². The lowest BCUT2D eigenvalue weighted by Gasteiger charge is -2.12. The van der Waals surface area contributed by atoms with Crippen LogP contribution >= 0.6 is 11.6 Å². The minimum atomic E-state index is -4.03. The highest BCUT2D eigenvalue weighted by molar-refractivity contribution is 7.92. The number of nitrogens with one attached hydrogen (secondary N) is 2. The number of sulfonamides is 1. The molecule has 4 rings (SSSR count). The minimum absolute atomic E-state index is 0.0288. The number of rotatable bonds is 7. The van der Waals surface area contributed by atoms with E-state index in [1.165, 1.54) is 18.2 Å². The summed E-state index contributed by atoms with van der Waals surface area (Å²) < 4.78 is 42.4. The molecule has 0 saturated carbocycles. The summed E-state index contributed by atoms with van der Waals surface area (Å²) in [6, 6.07) is 17.7. The summed E-state index contributed by atoms with van der Waals surface area (Å²) in [6.07, 6.45) is 3.53. The van der Waals surface area contributed by atoms with Crippen molar-refractivity contribution in [2.75, 3.05) is 10.0 Å². The van der Waals surface area contributed by atoms with Crippen LogP contribution in [0.2, 0.25) is 5.02 Å². The van der Waals surface area contributed by atoms with E-state index in [-0.39, 0.29) is 21.2 Å². The van der Waals surface area contributed by atoms with Crippen LogP contribution in [0.5, 0.6) is 0 Å². The van der Waals surface area contributed by atoms with E-state index in [9.17, 15) is 17.6 Å². The second kappa shape index (κ2) is 9.43. The van der Waals surface area contributed by atoms with Gasteiger partial charge >= 0.3 is 0 Å². The molecule has 1 heterocycles. The Balaban J connectivity index is 1.51. The third-order valence-electron chi connectivity index (χ3n) is 4.69. The fourth-order valence-corrected chi connectivity index (χ4v) is 4.39. The fourth-order valence-electron chi connectivity index (χ4n) is 3.09. The average molecular weight is 485 g/mol. The minimum Gasteiger partial charge on any atom is -0.322 e. The lowest BCUT2D eigenvalue weighted by atomic mass is 10.1. The largest absolute Gasteiger partial charge is 0.322 e. The molecule has 2 N–H and O–H groups in total. The van der Waals surface area contributed by atoms with E-state index in [1.54, 1.807) is 16.9 Å². The van der Waals surface area contributed by atoms with E-state index in [0.717, 1.165) is 29.8 Å². The molecule has 0 saturated heterocycles. The summed E-state index contributed by atoms with van der Waals surface area (Å²) in [5.41, 5.74) is 1.75. The van der Waals surface area contributed by atoms with E-state index in [0.29, 0.717) is 12.2 Å². The summed E-state index contributed by atoms with van der Waals surface area (Å²) in [4.78, 5) is 12.7. The van der Waals surface area contributed by atoms with Gasteiger partial charge in [-0.15, -0.1) is 0 Å². The highest BCUT2D eigenvalue weighted by Crippen LogP contribution is 2.26. The molecule has 0 aliphatic carbocycles. The van der Waals surface area contributed by atoms with Crippen LogP contribution in [0.4, 0.5) is 15.8 Å². The lowest BCUT2D eigenvalue weighted by molar-refractivity contribution is 0.102. The number of hydrogen-bond donors (Lipinski definition) is 2. The standard InChI is InChI=1S/C23H18ClFN4O3S/c24-21-10-5-17(14-22(21)28-33(31,32)20-8-6-18(25)7-9-20)23(30)27-19-4-1-3-16(13-19)15-29-12-2-11-26-29/h1-14,28H,15H2,(H,27,30). The van der Waals surface area contributed by atoms with Gasteiger partial charge in [-0.05, 0) is 66.2 Å². The first kappa shape index (κ1) is 22.5. The lowest BCUT2D eigenvalue weighted by Crippen LogP contribution is -2.15. The third-order valence-corrected chi connectivity index (χ3v) is 6.40. The van der Waals surface area contributed by atoms with Crippen LogP contribution in [0.3, 0.4) is 0 Å². The molecule has 4 aromatic rings. The summed E-state index contributed by atoms with van der Waals surface area (Å²) in [5.74, 6) is -0.996. The number of anilines is 2. The van der Waals surface area contributed by atoms with Gasteiger partial charge in [0.2, 0.25) is 0 Å². The van der Waals surface area contributed by atoms with Gasteiger partial charge in [0.1, 0.15) is 5.82 Å². The third kappa shape index (κ3) is 5.57. The first-order valence-corrected chi connectivity index (χ1v) is 11.6. The normalized spacial score (nSPS) is 11.2. The van der Waals surface area contributed by atoms with E-state index < -0.39 is 21.7 Å².